The van der Waals surface area contributed by atoms with Gasteiger partial charge in [-0.2, -0.15) is 13.2 Å². The molecule has 0 heterocycles. The summed E-state index contributed by atoms with van der Waals surface area (Å²) in [7, 11) is 0. The number of esters is 1. The first kappa shape index (κ1) is 31.0. The molecule has 4 fully saturated rings. The van der Waals surface area contributed by atoms with Crippen LogP contribution in [0, 0.1) is 46.3 Å². The van der Waals surface area contributed by atoms with Crippen LogP contribution in [-0.2, 0) is 14.3 Å². The van der Waals surface area contributed by atoms with Crippen LogP contribution < -0.4 is 34.7 Å². The van der Waals surface area contributed by atoms with Crippen molar-refractivity contribution in [2.45, 2.75) is 103 Å². The van der Waals surface area contributed by atoms with Crippen LogP contribution in [0.5, 0.6) is 0 Å². The van der Waals surface area contributed by atoms with Crippen LogP contribution in [0.2, 0.25) is 0 Å². The van der Waals surface area contributed by atoms with E-state index in [4.69, 9.17) is 4.74 Å². The average Bonchev–Trinajstić information content (AvgIpc) is 3.14. The van der Waals surface area contributed by atoms with Crippen LogP contribution in [0.1, 0.15) is 85.5 Å². The zero-order valence-electron chi connectivity index (χ0n) is 22.8. The number of ether oxygens (including phenoxy) is 1. The summed E-state index contributed by atoms with van der Waals surface area (Å²) in [6.07, 6.45) is 2.40. The van der Waals surface area contributed by atoms with Crippen molar-refractivity contribution in [2.75, 3.05) is 0 Å². The third kappa shape index (κ3) is 5.43. The molecule has 1 N–H and O–H groups in total. The van der Waals surface area contributed by atoms with Crippen molar-refractivity contribution >= 4 is 11.9 Å². The van der Waals surface area contributed by atoms with Gasteiger partial charge < -0.3 is 19.7 Å². The number of hydrogen-bond donors (Lipinski definition) is 1. The molecular formula is C28H40F3NaO5. The number of rotatable bonds is 5. The Kier molecular flexibility index (Phi) is 9.02. The number of carboxylic acids is 1. The molecule has 0 bridgehead atoms. The number of aliphatic carboxylic acids is 1. The second-order valence-electron chi connectivity index (χ2n) is 12.8. The molecule has 0 aliphatic heterocycles. The number of alkyl halides is 3. The summed E-state index contributed by atoms with van der Waals surface area (Å²) in [5.41, 5.74) is -2.64. The largest absolute Gasteiger partial charge is 1.00 e. The van der Waals surface area contributed by atoms with Gasteiger partial charge in [-0.1, -0.05) is 20.8 Å². The number of aliphatic hydroxyl groups is 1. The normalized spacial score (nSPS) is 43.1. The molecule has 0 aromatic heterocycles. The van der Waals surface area contributed by atoms with Gasteiger partial charge in [-0.15, -0.1) is 0 Å². The maximum atomic E-state index is 13.6. The minimum absolute atomic E-state index is 0. The first-order valence-corrected chi connectivity index (χ1v) is 13.5. The van der Waals surface area contributed by atoms with E-state index >= 15 is 0 Å². The van der Waals surface area contributed by atoms with Gasteiger partial charge in [0.2, 0.25) is 0 Å². The van der Waals surface area contributed by atoms with Gasteiger partial charge in [0.1, 0.15) is 6.10 Å². The molecule has 0 aromatic rings. The minimum atomic E-state index is -4.58. The van der Waals surface area contributed by atoms with E-state index in [-0.39, 0.29) is 71.2 Å². The Labute approximate surface area is 240 Å². The van der Waals surface area contributed by atoms with Gasteiger partial charge in [-0.05, 0) is 117 Å². The van der Waals surface area contributed by atoms with Gasteiger partial charge in [0, 0.05) is 6.08 Å². The van der Waals surface area contributed by atoms with Crippen LogP contribution in [0.3, 0.4) is 0 Å². The van der Waals surface area contributed by atoms with Gasteiger partial charge in [0.25, 0.3) is 0 Å². The third-order valence-corrected chi connectivity index (χ3v) is 11.4. The Bertz CT molecular complexity index is 909. The van der Waals surface area contributed by atoms with E-state index < -0.39 is 23.7 Å². The molecule has 0 amide bonds. The van der Waals surface area contributed by atoms with Crippen LogP contribution in [0.15, 0.2) is 12.2 Å². The number of halogens is 3. The van der Waals surface area contributed by atoms with Crippen molar-refractivity contribution in [1.82, 2.24) is 0 Å². The number of fused-ring (bicyclic) bond motifs is 5. The third-order valence-electron chi connectivity index (χ3n) is 11.4. The number of carboxylic acid groups (broad SMARTS) is 1. The van der Waals surface area contributed by atoms with Gasteiger partial charge >= 0.3 is 41.7 Å². The summed E-state index contributed by atoms with van der Waals surface area (Å²) in [6.45, 7) is 8.49. The fraction of sp³-hybridized carbons (Fsp3) is 0.857. The maximum Gasteiger partial charge on any atom is 1.00 e. The van der Waals surface area contributed by atoms with E-state index in [1.165, 1.54) is 0 Å². The molecule has 4 aliphatic rings. The number of carbonyl (C=O) groups is 2. The Balaban J connectivity index is 0.00000380. The maximum absolute atomic E-state index is 13.6. The van der Waals surface area contributed by atoms with Crippen molar-refractivity contribution in [3.8, 4) is 0 Å². The molecule has 9 heteroatoms. The van der Waals surface area contributed by atoms with Crippen LogP contribution in [-0.4, -0.2) is 34.9 Å². The monoisotopic (exact) mass is 536 g/mol. The molecule has 10 atom stereocenters. The molecular weight excluding hydrogens is 496 g/mol. The first-order chi connectivity index (χ1) is 16.6. The van der Waals surface area contributed by atoms with Crippen molar-refractivity contribution in [2.24, 2.45) is 46.3 Å². The summed E-state index contributed by atoms with van der Waals surface area (Å²) < 4.78 is 46.3. The molecule has 5 nitrogen and oxygen atoms in total. The molecule has 4 rings (SSSR count). The Hall–Kier alpha value is -0.570. The summed E-state index contributed by atoms with van der Waals surface area (Å²) in [5, 5.41) is 21.0. The molecule has 204 valence electrons. The van der Waals surface area contributed by atoms with Crippen molar-refractivity contribution in [3.63, 3.8) is 0 Å². The van der Waals surface area contributed by atoms with E-state index in [1.807, 2.05) is 6.92 Å². The second kappa shape index (κ2) is 10.8. The molecule has 0 saturated heterocycles. The summed E-state index contributed by atoms with van der Waals surface area (Å²) in [5.74, 6) is -0.443. The molecule has 0 aromatic carbocycles. The molecule has 0 spiro atoms. The first-order valence-electron chi connectivity index (χ1n) is 13.5. The zero-order chi connectivity index (χ0) is 26.7. The van der Waals surface area contributed by atoms with E-state index in [0.29, 0.717) is 36.2 Å². The Morgan fingerprint density at radius 2 is 1.62 bits per heavy atom. The molecule has 0 unspecified atom stereocenters. The fourth-order valence-corrected chi connectivity index (χ4v) is 9.20. The average molecular weight is 537 g/mol. The van der Waals surface area contributed by atoms with E-state index in [9.17, 15) is 33.0 Å². The van der Waals surface area contributed by atoms with E-state index in [0.717, 1.165) is 44.6 Å². The van der Waals surface area contributed by atoms with Crippen molar-refractivity contribution in [1.29, 1.82) is 0 Å². The van der Waals surface area contributed by atoms with Crippen molar-refractivity contribution in [3.05, 3.63) is 12.2 Å². The zero-order valence-corrected chi connectivity index (χ0v) is 24.8. The van der Waals surface area contributed by atoms with E-state index in [1.54, 1.807) is 0 Å². The fourth-order valence-electron chi connectivity index (χ4n) is 9.20. The second-order valence-corrected chi connectivity index (χ2v) is 12.8. The SMILES string of the molecule is C[C@@H]([C@H]1CC[C@H]2[C@@H]3CC[C@@H]4C[C@@](O)(C(F)(F)F)CC[C@]4(C)[C@H]3CC[C@]12C)[C@@H](C)OC(=O)/C=C/C(=O)[O-].[Na+]. The van der Waals surface area contributed by atoms with Crippen LogP contribution in [0.4, 0.5) is 13.2 Å². The van der Waals surface area contributed by atoms with Gasteiger partial charge in [-0.25, -0.2) is 4.79 Å². The smallest absolute Gasteiger partial charge is 0.545 e. The topological polar surface area (TPSA) is 86.7 Å². The van der Waals surface area contributed by atoms with Gasteiger partial charge in [0.15, 0.2) is 5.60 Å². The van der Waals surface area contributed by atoms with Gasteiger partial charge in [0.05, 0.1) is 5.97 Å². The predicted molar refractivity (Wildman–Crippen MR) is 125 cm³/mol. The summed E-state index contributed by atoms with van der Waals surface area (Å²) >= 11 is 0. The number of hydrogen-bond acceptors (Lipinski definition) is 5. The molecule has 4 aliphatic carbocycles. The van der Waals surface area contributed by atoms with Crippen LogP contribution >= 0.6 is 0 Å². The van der Waals surface area contributed by atoms with E-state index in [2.05, 4.69) is 20.8 Å². The Morgan fingerprint density at radius 3 is 2.24 bits per heavy atom. The minimum Gasteiger partial charge on any atom is -0.545 e. The van der Waals surface area contributed by atoms with Crippen LogP contribution in [0.25, 0.3) is 0 Å². The predicted octanol–water partition coefficient (Wildman–Crippen LogP) is 1.82. The molecule has 37 heavy (non-hydrogen) atoms. The Morgan fingerprint density at radius 1 is 0.973 bits per heavy atom. The molecule has 0 radical (unpaired) electrons. The van der Waals surface area contributed by atoms with Gasteiger partial charge in [-0.3, -0.25) is 0 Å². The van der Waals surface area contributed by atoms with Crippen molar-refractivity contribution < 1.29 is 67.3 Å². The summed E-state index contributed by atoms with van der Waals surface area (Å²) in [6, 6.07) is 0. The standard InChI is InChI=1S/C28H41F3O5.Na/c1-16(17(2)36-24(34)10-9-23(32)33)20-7-8-21-19-6-5-18-15-27(35,28(29,30)31)14-13-25(18,3)22(19)11-12-26(20,21)4;/h9-10,16-22,35H,5-8,11-15H2,1-4H3,(H,32,33);/q;+1/p-1/b10-9+;/t16-,17-,18-,19+,20-,21+,22+,25+,26-,27-;/m1./s1. The number of carbonyl (C=O) groups excluding carboxylic acids is 2. The summed E-state index contributed by atoms with van der Waals surface area (Å²) in [4.78, 5) is 22.6. The quantitative estimate of drug-likeness (QED) is 0.329. The molecule has 4 saturated carbocycles.